The molecule has 0 radical (unpaired) electrons. The summed E-state index contributed by atoms with van der Waals surface area (Å²) in [5, 5.41) is 27.4. The lowest BCUT2D eigenvalue weighted by Crippen LogP contribution is -2.42. The minimum Gasteiger partial charge on any atom is -0.350 e. The number of nitrogens with one attached hydrogen (secondary N) is 2. The van der Waals surface area contributed by atoms with E-state index in [1.54, 1.807) is 6.92 Å². The minimum atomic E-state index is -0.756. The van der Waals surface area contributed by atoms with Crippen LogP contribution in [0.5, 0.6) is 0 Å². The van der Waals surface area contributed by atoms with E-state index in [9.17, 15) is 29.8 Å². The predicted molar refractivity (Wildman–Crippen MR) is 105 cm³/mol. The Bertz CT molecular complexity index is 998. The number of nitrogens with zero attached hydrogens (tertiary/aromatic N) is 2. The van der Waals surface area contributed by atoms with Crippen LogP contribution >= 0.6 is 23.2 Å². The molecule has 0 heterocycles. The summed E-state index contributed by atoms with van der Waals surface area (Å²) in [5.74, 6) is -1.51. The molecule has 1 atom stereocenters. The first-order valence-electron chi connectivity index (χ1n) is 8.07. The van der Waals surface area contributed by atoms with Crippen molar-refractivity contribution in [1.29, 1.82) is 0 Å². The van der Waals surface area contributed by atoms with Gasteiger partial charge in [0.15, 0.2) is 0 Å². The van der Waals surface area contributed by atoms with Crippen molar-refractivity contribution in [3.63, 3.8) is 0 Å². The molecule has 0 aliphatic heterocycles. The third kappa shape index (κ3) is 5.62. The number of rotatable bonds is 7. The van der Waals surface area contributed by atoms with Gasteiger partial charge in [-0.25, -0.2) is 0 Å². The number of halogens is 2. The van der Waals surface area contributed by atoms with E-state index in [1.165, 1.54) is 12.1 Å². The van der Waals surface area contributed by atoms with Crippen molar-refractivity contribution in [2.24, 2.45) is 0 Å². The van der Waals surface area contributed by atoms with Crippen LogP contribution in [0.25, 0.3) is 0 Å². The largest absolute Gasteiger partial charge is 0.350 e. The number of nitro groups is 2. The van der Waals surface area contributed by atoms with Gasteiger partial charge >= 0.3 is 0 Å². The van der Waals surface area contributed by atoms with Gasteiger partial charge in [0.05, 0.1) is 9.85 Å². The molecule has 0 aliphatic rings. The van der Waals surface area contributed by atoms with E-state index in [0.717, 1.165) is 24.3 Å². The Labute approximate surface area is 174 Å². The lowest BCUT2D eigenvalue weighted by Gasteiger charge is -2.15. The number of nitro benzene ring substituents is 2. The zero-order valence-electron chi connectivity index (χ0n) is 14.8. The lowest BCUT2D eigenvalue weighted by molar-refractivity contribution is -0.385. The van der Waals surface area contributed by atoms with Gasteiger partial charge in [0.25, 0.3) is 23.2 Å². The third-order valence-corrected chi connectivity index (χ3v) is 4.22. The third-order valence-electron chi connectivity index (χ3n) is 3.75. The topological polar surface area (TPSA) is 144 Å². The molecule has 0 saturated heterocycles. The van der Waals surface area contributed by atoms with Crippen molar-refractivity contribution >= 4 is 46.4 Å². The summed E-state index contributed by atoms with van der Waals surface area (Å²) in [7, 11) is 0. The first-order chi connectivity index (χ1) is 13.6. The van der Waals surface area contributed by atoms with Crippen LogP contribution in [0.2, 0.25) is 10.0 Å². The molecule has 0 aliphatic carbocycles. The monoisotopic (exact) mass is 440 g/mol. The predicted octanol–water partition coefficient (Wildman–Crippen LogP) is 3.36. The Morgan fingerprint density at radius 3 is 1.83 bits per heavy atom. The van der Waals surface area contributed by atoms with Crippen LogP contribution in [0, 0.1) is 20.2 Å². The first kappa shape index (κ1) is 22.1. The smallest absolute Gasteiger partial charge is 0.282 e. The lowest BCUT2D eigenvalue weighted by atomic mass is 10.1. The Morgan fingerprint density at radius 1 is 0.931 bits per heavy atom. The highest BCUT2D eigenvalue weighted by Crippen LogP contribution is 2.23. The van der Waals surface area contributed by atoms with E-state index in [2.05, 4.69) is 10.6 Å². The maximum absolute atomic E-state index is 12.3. The fraction of sp³-hybridized carbons (Fsp3) is 0.176. The highest BCUT2D eigenvalue weighted by atomic mass is 35.5. The van der Waals surface area contributed by atoms with Gasteiger partial charge in [0.1, 0.15) is 11.1 Å². The number of amides is 2. The molecular weight excluding hydrogens is 427 g/mol. The maximum atomic E-state index is 12.3. The number of carbonyl (C=O) groups is 2. The van der Waals surface area contributed by atoms with Crippen LogP contribution in [0.1, 0.15) is 27.6 Å². The zero-order chi connectivity index (χ0) is 21.7. The van der Waals surface area contributed by atoms with Crippen LogP contribution in [-0.4, -0.2) is 34.2 Å². The first-order valence-corrected chi connectivity index (χ1v) is 8.82. The van der Waals surface area contributed by atoms with Crippen molar-refractivity contribution in [1.82, 2.24) is 10.6 Å². The second kappa shape index (κ2) is 9.30. The van der Waals surface area contributed by atoms with Gasteiger partial charge in [-0.3, -0.25) is 29.8 Å². The molecule has 29 heavy (non-hydrogen) atoms. The molecule has 2 rings (SSSR count). The maximum Gasteiger partial charge on any atom is 0.282 e. The Balaban J connectivity index is 2.07. The van der Waals surface area contributed by atoms with Gasteiger partial charge in [0.2, 0.25) is 0 Å². The SMILES string of the molecule is C[C@H](CNC(=O)c1cc(Cl)ccc1[N+](=O)[O-])NC(=O)c1cc(Cl)ccc1[N+](=O)[O-]. The molecule has 152 valence electrons. The molecule has 0 fully saturated rings. The van der Waals surface area contributed by atoms with Gasteiger partial charge in [0, 0.05) is 34.8 Å². The van der Waals surface area contributed by atoms with Crippen molar-refractivity contribution in [2.75, 3.05) is 6.54 Å². The van der Waals surface area contributed by atoms with Crippen molar-refractivity contribution < 1.29 is 19.4 Å². The minimum absolute atomic E-state index is 0.0946. The second-order valence-electron chi connectivity index (χ2n) is 5.92. The summed E-state index contributed by atoms with van der Waals surface area (Å²) >= 11 is 11.6. The Kier molecular flexibility index (Phi) is 7.08. The van der Waals surface area contributed by atoms with E-state index in [1.807, 2.05) is 0 Å². The van der Waals surface area contributed by atoms with E-state index in [4.69, 9.17) is 23.2 Å². The summed E-state index contributed by atoms with van der Waals surface area (Å²) in [6.45, 7) is 1.45. The fourth-order valence-corrected chi connectivity index (χ4v) is 2.74. The normalized spacial score (nSPS) is 11.4. The highest BCUT2D eigenvalue weighted by molar-refractivity contribution is 6.31. The van der Waals surface area contributed by atoms with Crippen LogP contribution in [-0.2, 0) is 0 Å². The van der Waals surface area contributed by atoms with Crippen LogP contribution in [0.3, 0.4) is 0 Å². The second-order valence-corrected chi connectivity index (χ2v) is 6.79. The molecule has 0 unspecified atom stereocenters. The Morgan fingerprint density at radius 2 is 1.38 bits per heavy atom. The summed E-state index contributed by atoms with van der Waals surface area (Å²) < 4.78 is 0. The molecule has 2 amide bonds. The van der Waals surface area contributed by atoms with Crippen molar-refractivity contribution in [2.45, 2.75) is 13.0 Å². The van der Waals surface area contributed by atoms with Gasteiger partial charge in [-0.2, -0.15) is 0 Å². The quantitative estimate of drug-likeness (QED) is 0.498. The summed E-state index contributed by atoms with van der Waals surface area (Å²) in [4.78, 5) is 45.3. The molecule has 0 saturated carbocycles. The zero-order valence-corrected chi connectivity index (χ0v) is 16.4. The van der Waals surface area contributed by atoms with Crippen LogP contribution in [0.15, 0.2) is 36.4 Å². The Hall–Kier alpha value is -3.24. The molecule has 2 aromatic rings. The molecule has 0 bridgehead atoms. The molecule has 0 spiro atoms. The van der Waals surface area contributed by atoms with Crippen LogP contribution < -0.4 is 10.6 Å². The average molecular weight is 441 g/mol. The fourth-order valence-electron chi connectivity index (χ4n) is 2.39. The number of carbonyl (C=O) groups excluding carboxylic acids is 2. The van der Waals surface area contributed by atoms with Gasteiger partial charge < -0.3 is 10.6 Å². The molecular formula is C17H14Cl2N4O6. The summed E-state index contributed by atoms with van der Waals surface area (Å²) in [6.07, 6.45) is 0. The summed E-state index contributed by atoms with van der Waals surface area (Å²) in [5.41, 5.74) is -1.30. The van der Waals surface area contributed by atoms with E-state index in [0.29, 0.717) is 0 Å². The van der Waals surface area contributed by atoms with Gasteiger partial charge in [-0.1, -0.05) is 23.2 Å². The molecule has 2 N–H and O–H groups in total. The summed E-state index contributed by atoms with van der Waals surface area (Å²) in [6, 6.07) is 6.48. The molecule has 12 heteroatoms. The molecule has 10 nitrogen and oxygen atoms in total. The number of hydrogen-bond donors (Lipinski definition) is 2. The number of hydrogen-bond acceptors (Lipinski definition) is 6. The molecule has 0 aromatic heterocycles. The molecule has 2 aromatic carbocycles. The van der Waals surface area contributed by atoms with Gasteiger partial charge in [-0.05, 0) is 31.2 Å². The van der Waals surface area contributed by atoms with Crippen molar-refractivity contribution in [3.05, 3.63) is 77.8 Å². The number of benzene rings is 2. The van der Waals surface area contributed by atoms with E-state index in [-0.39, 0.29) is 27.7 Å². The van der Waals surface area contributed by atoms with Crippen LogP contribution in [0.4, 0.5) is 11.4 Å². The highest BCUT2D eigenvalue weighted by Gasteiger charge is 2.23. The van der Waals surface area contributed by atoms with E-state index >= 15 is 0 Å². The van der Waals surface area contributed by atoms with Crippen molar-refractivity contribution in [3.8, 4) is 0 Å². The average Bonchev–Trinajstić information content (AvgIpc) is 2.65. The van der Waals surface area contributed by atoms with Gasteiger partial charge in [-0.15, -0.1) is 0 Å². The van der Waals surface area contributed by atoms with E-state index < -0.39 is 39.1 Å². The standard InChI is InChI=1S/C17H14Cl2N4O6/c1-9(21-17(25)13-7-11(19)3-5-15(13)23(28)29)8-20-16(24)12-6-10(18)2-4-14(12)22(26)27/h2-7,9H,8H2,1H3,(H,20,24)(H,21,25)/t9-/m1/s1.